The second-order valence-electron chi connectivity index (χ2n) is 13.1. The van der Waals surface area contributed by atoms with Crippen molar-refractivity contribution in [3.05, 3.63) is 70.3 Å². The average molecular weight is 643 g/mol. The van der Waals surface area contributed by atoms with E-state index in [-0.39, 0.29) is 34.8 Å². The first-order valence-corrected chi connectivity index (χ1v) is 17.7. The van der Waals surface area contributed by atoms with Crippen LogP contribution in [0.4, 0.5) is 5.69 Å². The van der Waals surface area contributed by atoms with Gasteiger partial charge in [-0.25, -0.2) is 13.1 Å². The van der Waals surface area contributed by atoms with E-state index in [0.717, 1.165) is 36.4 Å². The Labute approximate surface area is 266 Å². The van der Waals surface area contributed by atoms with Crippen LogP contribution < -0.4 is 14.4 Å². The van der Waals surface area contributed by atoms with Crippen molar-refractivity contribution in [2.45, 2.75) is 62.7 Å². The molecule has 1 aliphatic carbocycles. The summed E-state index contributed by atoms with van der Waals surface area (Å²) in [7, 11) is -2.21. The zero-order chi connectivity index (χ0) is 31.1. The number of fused-ring (bicyclic) bond motifs is 4. The Bertz CT molecular complexity index is 1530. The van der Waals surface area contributed by atoms with Crippen LogP contribution >= 0.6 is 11.6 Å². The molecule has 44 heavy (non-hydrogen) atoms. The number of halogens is 1. The third-order valence-electron chi connectivity index (χ3n) is 10.2. The summed E-state index contributed by atoms with van der Waals surface area (Å²) in [6.45, 7) is 6.63. The van der Waals surface area contributed by atoms with Crippen LogP contribution in [0.25, 0.3) is 0 Å². The van der Waals surface area contributed by atoms with E-state index in [2.05, 4.69) is 27.8 Å². The van der Waals surface area contributed by atoms with Crippen molar-refractivity contribution in [3.8, 4) is 5.75 Å². The van der Waals surface area contributed by atoms with Gasteiger partial charge in [-0.2, -0.15) is 0 Å². The van der Waals surface area contributed by atoms with Crippen molar-refractivity contribution in [2.75, 3.05) is 44.9 Å². The predicted octanol–water partition coefficient (Wildman–Crippen LogP) is 5.52. The number of hydrogen-bond acceptors (Lipinski definition) is 7. The Morgan fingerprint density at radius 2 is 2.02 bits per heavy atom. The highest BCUT2D eigenvalue weighted by atomic mass is 35.5. The third-order valence-corrected chi connectivity index (χ3v) is 12.4. The van der Waals surface area contributed by atoms with Crippen molar-refractivity contribution >= 4 is 33.2 Å². The molecule has 1 N–H and O–H groups in total. The van der Waals surface area contributed by atoms with E-state index < -0.39 is 21.2 Å². The number of ether oxygens (including phenoxy) is 3. The monoisotopic (exact) mass is 642 g/mol. The molecule has 6 rings (SSSR count). The molecule has 0 radical (unpaired) electrons. The number of benzene rings is 2. The summed E-state index contributed by atoms with van der Waals surface area (Å²) in [6.07, 6.45) is 8.57. The van der Waals surface area contributed by atoms with E-state index in [1.54, 1.807) is 26.2 Å². The standard InChI is InChI=1S/C34H43ClN2O6S/c1-22-6-4-7-27(19-41-3)32-26(13-15-42-32)18-37-20-34(14-5-8-24-16-28(35)10-11-29(24)34)21-43-31-12-9-25(17-30(31)37)33(38)36-44(39,40)23(22)2/h4,7,9-12,16-17,22-23,26-27,32H,5-6,8,13-15,18-21H2,1-3H3,(H,36,38)/b7-4+/t22-,23+,26-,27?,32+,34-/m0/s1. The van der Waals surface area contributed by atoms with Crippen molar-refractivity contribution in [1.82, 2.24) is 4.72 Å². The number of amides is 1. The molecule has 2 bridgehead atoms. The van der Waals surface area contributed by atoms with Crippen LogP contribution in [0.5, 0.6) is 5.75 Å². The van der Waals surface area contributed by atoms with Gasteiger partial charge >= 0.3 is 0 Å². The largest absolute Gasteiger partial charge is 0.490 e. The highest BCUT2D eigenvalue weighted by Crippen LogP contribution is 2.45. The Morgan fingerprint density at radius 1 is 1.18 bits per heavy atom. The maximum atomic E-state index is 13.4. The molecule has 1 fully saturated rings. The van der Waals surface area contributed by atoms with E-state index in [1.165, 1.54) is 11.1 Å². The summed E-state index contributed by atoms with van der Waals surface area (Å²) in [5.41, 5.74) is 3.34. The lowest BCUT2D eigenvalue weighted by molar-refractivity contribution is 0.0261. The fraction of sp³-hybridized carbons (Fsp3) is 0.559. The minimum Gasteiger partial charge on any atom is -0.490 e. The van der Waals surface area contributed by atoms with Gasteiger partial charge in [0.15, 0.2) is 0 Å². The van der Waals surface area contributed by atoms with Crippen molar-refractivity contribution in [2.24, 2.45) is 17.8 Å². The van der Waals surface area contributed by atoms with E-state index in [9.17, 15) is 13.2 Å². The van der Waals surface area contributed by atoms with Crippen LogP contribution in [0.15, 0.2) is 48.6 Å². The van der Waals surface area contributed by atoms with Crippen LogP contribution in [-0.4, -0.2) is 65.7 Å². The number of carbonyl (C=O) groups is 1. The average Bonchev–Trinajstić information content (AvgIpc) is 3.40. The number of carbonyl (C=O) groups excluding carboxylic acids is 1. The molecule has 1 spiro atoms. The number of aryl methyl sites for hydroxylation is 1. The highest BCUT2D eigenvalue weighted by molar-refractivity contribution is 7.90. The lowest BCUT2D eigenvalue weighted by atomic mass is 9.70. The summed E-state index contributed by atoms with van der Waals surface area (Å²) in [5, 5.41) is -0.0260. The van der Waals surface area contributed by atoms with Gasteiger partial charge in [-0.05, 0) is 86.4 Å². The quantitative estimate of drug-likeness (QED) is 0.431. The minimum absolute atomic E-state index is 0.0276. The molecule has 1 unspecified atom stereocenters. The van der Waals surface area contributed by atoms with Crippen LogP contribution in [0.2, 0.25) is 5.02 Å². The van der Waals surface area contributed by atoms with E-state index in [0.29, 0.717) is 45.1 Å². The van der Waals surface area contributed by atoms with Gasteiger partial charge in [0.1, 0.15) is 5.75 Å². The van der Waals surface area contributed by atoms with Crippen LogP contribution in [0.3, 0.4) is 0 Å². The Kier molecular flexibility index (Phi) is 9.03. The molecule has 0 aromatic heterocycles. The number of anilines is 1. The summed E-state index contributed by atoms with van der Waals surface area (Å²) in [5.74, 6) is 0.105. The number of nitrogens with one attached hydrogen (secondary N) is 1. The number of methoxy groups -OCH3 is 1. The fourth-order valence-corrected chi connectivity index (χ4v) is 9.04. The van der Waals surface area contributed by atoms with Gasteiger partial charge in [-0.1, -0.05) is 36.7 Å². The molecule has 6 atom stereocenters. The number of hydrogen-bond donors (Lipinski definition) is 1. The van der Waals surface area contributed by atoms with Crippen LogP contribution in [-0.2, 0) is 31.3 Å². The van der Waals surface area contributed by atoms with Crippen molar-refractivity contribution < 1.29 is 27.4 Å². The van der Waals surface area contributed by atoms with E-state index in [1.807, 2.05) is 25.1 Å². The molecule has 3 aliphatic heterocycles. The Morgan fingerprint density at radius 3 is 2.84 bits per heavy atom. The zero-order valence-electron chi connectivity index (χ0n) is 25.8. The maximum Gasteiger partial charge on any atom is 0.264 e. The number of nitrogens with zero attached hydrogens (tertiary/aromatic N) is 1. The second kappa shape index (κ2) is 12.7. The van der Waals surface area contributed by atoms with Gasteiger partial charge in [0.2, 0.25) is 10.0 Å². The SMILES string of the molecule is COCC1/C=C/C[C@H](C)[C@@H](C)S(=O)(=O)NC(=O)c2ccc3c(c2)N(C[C@@H]2CCO[C@@H]12)C[C@@]1(CCCc2cc(Cl)ccc21)CO3. The number of rotatable bonds is 2. The van der Waals surface area contributed by atoms with Crippen molar-refractivity contribution in [1.29, 1.82) is 0 Å². The summed E-state index contributed by atoms with van der Waals surface area (Å²) >= 11 is 6.42. The molecule has 1 saturated heterocycles. The molecule has 8 nitrogen and oxygen atoms in total. The van der Waals surface area contributed by atoms with E-state index >= 15 is 0 Å². The first-order valence-electron chi connectivity index (χ1n) is 15.7. The lowest BCUT2D eigenvalue weighted by Gasteiger charge is -2.42. The van der Waals surface area contributed by atoms with E-state index in [4.69, 9.17) is 25.8 Å². The van der Waals surface area contributed by atoms with Gasteiger partial charge in [0.05, 0.1) is 30.3 Å². The second-order valence-corrected chi connectivity index (χ2v) is 15.6. The summed E-state index contributed by atoms with van der Waals surface area (Å²) in [4.78, 5) is 15.8. The van der Waals surface area contributed by atoms with Gasteiger partial charge in [-0.15, -0.1) is 0 Å². The Balaban J connectivity index is 1.45. The highest BCUT2D eigenvalue weighted by Gasteiger charge is 2.44. The third kappa shape index (κ3) is 6.13. The predicted molar refractivity (Wildman–Crippen MR) is 172 cm³/mol. The fourth-order valence-electron chi connectivity index (χ4n) is 7.56. The molecule has 2 aromatic rings. The van der Waals surface area contributed by atoms with Crippen LogP contribution in [0, 0.1) is 17.8 Å². The minimum atomic E-state index is -3.91. The van der Waals surface area contributed by atoms with Gasteiger partial charge < -0.3 is 19.1 Å². The normalized spacial score (nSPS) is 32.6. The lowest BCUT2D eigenvalue weighted by Crippen LogP contribution is -2.48. The topological polar surface area (TPSA) is 94.2 Å². The molecule has 238 valence electrons. The maximum absolute atomic E-state index is 13.4. The number of allylic oxidation sites excluding steroid dienone is 1. The van der Waals surface area contributed by atoms with Gasteiger partial charge in [0.25, 0.3) is 5.91 Å². The zero-order valence-corrected chi connectivity index (χ0v) is 27.3. The van der Waals surface area contributed by atoms with Crippen LogP contribution in [0.1, 0.15) is 61.0 Å². The molecule has 4 aliphatic rings. The first kappa shape index (κ1) is 31.4. The van der Waals surface area contributed by atoms with Crippen molar-refractivity contribution in [3.63, 3.8) is 0 Å². The molecule has 1 amide bonds. The summed E-state index contributed by atoms with van der Waals surface area (Å²) < 4.78 is 47.5. The van der Waals surface area contributed by atoms with Gasteiger partial charge in [-0.3, -0.25) is 4.79 Å². The molecule has 2 aromatic carbocycles. The first-order chi connectivity index (χ1) is 21.1. The van der Waals surface area contributed by atoms with Gasteiger partial charge in [0, 0.05) is 54.6 Å². The molecule has 3 heterocycles. The molecular weight excluding hydrogens is 600 g/mol. The summed E-state index contributed by atoms with van der Waals surface area (Å²) in [6, 6.07) is 11.5. The molecular formula is C34H43ClN2O6S. The number of sulfonamides is 1. The smallest absolute Gasteiger partial charge is 0.264 e. The molecule has 0 saturated carbocycles. The Hall–Kier alpha value is -2.59. The molecule has 10 heteroatoms.